The predicted octanol–water partition coefficient (Wildman–Crippen LogP) is 3.64. The van der Waals surface area contributed by atoms with E-state index in [1.807, 2.05) is 55.5 Å². The van der Waals surface area contributed by atoms with Crippen LogP contribution < -0.4 is 5.32 Å². The van der Waals surface area contributed by atoms with E-state index >= 15 is 0 Å². The van der Waals surface area contributed by atoms with Crippen LogP contribution in [0.3, 0.4) is 0 Å². The average Bonchev–Trinajstić information content (AvgIpc) is 2.93. The maximum absolute atomic E-state index is 11.9. The molecular weight excluding hydrogens is 318 g/mol. The molecule has 1 aromatic heterocycles. The summed E-state index contributed by atoms with van der Waals surface area (Å²) >= 11 is 1.56. The van der Waals surface area contributed by atoms with Gasteiger partial charge in [0.1, 0.15) is 5.82 Å². The fourth-order valence-electron chi connectivity index (χ4n) is 2.66. The van der Waals surface area contributed by atoms with Gasteiger partial charge in [-0.1, -0.05) is 30.3 Å². The minimum atomic E-state index is 0.0797. The van der Waals surface area contributed by atoms with Gasteiger partial charge in [0, 0.05) is 18.0 Å². The number of benzene rings is 2. The van der Waals surface area contributed by atoms with E-state index in [-0.39, 0.29) is 5.91 Å². The number of nitrogens with zero attached hydrogens (tertiary/aromatic N) is 2. The molecule has 0 aliphatic rings. The van der Waals surface area contributed by atoms with Gasteiger partial charge in [-0.05, 0) is 37.6 Å². The molecule has 1 N–H and O–H groups in total. The molecule has 0 radical (unpaired) electrons. The standard InChI is InChI=1S/C19H21N3OS/c1-15-21-17-10-5-6-11-18(17)22(15)13-7-12-20-19(23)14-24-16-8-3-2-4-9-16/h2-6,8-11H,7,12-14H2,1H3,(H,20,23). The summed E-state index contributed by atoms with van der Waals surface area (Å²) in [7, 11) is 0. The second-order valence-electron chi connectivity index (χ2n) is 5.60. The van der Waals surface area contributed by atoms with Crippen LogP contribution in [0.1, 0.15) is 12.2 Å². The van der Waals surface area contributed by atoms with Gasteiger partial charge in [0.15, 0.2) is 0 Å². The van der Waals surface area contributed by atoms with Crippen LogP contribution in [0, 0.1) is 6.92 Å². The van der Waals surface area contributed by atoms with Gasteiger partial charge >= 0.3 is 0 Å². The van der Waals surface area contributed by atoms with E-state index in [9.17, 15) is 4.79 Å². The van der Waals surface area contributed by atoms with Crippen LogP contribution in [0.15, 0.2) is 59.5 Å². The maximum Gasteiger partial charge on any atom is 0.230 e. The van der Waals surface area contributed by atoms with E-state index in [1.165, 1.54) is 0 Å². The lowest BCUT2D eigenvalue weighted by Crippen LogP contribution is -2.26. The molecule has 0 saturated carbocycles. The molecule has 0 unspecified atom stereocenters. The molecule has 3 aromatic rings. The molecule has 0 atom stereocenters. The SMILES string of the molecule is Cc1nc2ccccc2n1CCCNC(=O)CSc1ccccc1. The third-order valence-corrected chi connectivity index (χ3v) is 4.85. The minimum Gasteiger partial charge on any atom is -0.355 e. The summed E-state index contributed by atoms with van der Waals surface area (Å²) in [6, 6.07) is 18.1. The molecule has 24 heavy (non-hydrogen) atoms. The summed E-state index contributed by atoms with van der Waals surface area (Å²) in [5.74, 6) is 1.55. The highest BCUT2D eigenvalue weighted by atomic mass is 32.2. The van der Waals surface area contributed by atoms with Gasteiger partial charge in [-0.25, -0.2) is 4.98 Å². The molecule has 1 heterocycles. The van der Waals surface area contributed by atoms with E-state index in [4.69, 9.17) is 0 Å². The van der Waals surface area contributed by atoms with Crippen molar-refractivity contribution in [2.45, 2.75) is 24.8 Å². The van der Waals surface area contributed by atoms with Gasteiger partial charge in [-0.15, -0.1) is 11.8 Å². The van der Waals surface area contributed by atoms with Crippen molar-refractivity contribution in [3.05, 3.63) is 60.4 Å². The number of rotatable bonds is 7. The summed E-state index contributed by atoms with van der Waals surface area (Å²) < 4.78 is 2.21. The highest BCUT2D eigenvalue weighted by Crippen LogP contribution is 2.17. The fraction of sp³-hybridized carbons (Fsp3) is 0.263. The first-order valence-corrected chi connectivity index (χ1v) is 9.09. The van der Waals surface area contributed by atoms with Crippen LogP contribution in [-0.2, 0) is 11.3 Å². The fourth-order valence-corrected chi connectivity index (χ4v) is 3.41. The van der Waals surface area contributed by atoms with Crippen molar-refractivity contribution in [3.8, 4) is 0 Å². The van der Waals surface area contributed by atoms with Crippen molar-refractivity contribution in [3.63, 3.8) is 0 Å². The van der Waals surface area contributed by atoms with E-state index < -0.39 is 0 Å². The molecule has 0 saturated heterocycles. The molecule has 3 rings (SSSR count). The average molecular weight is 339 g/mol. The Morgan fingerprint density at radius 2 is 1.88 bits per heavy atom. The first-order chi connectivity index (χ1) is 11.7. The number of carbonyl (C=O) groups excluding carboxylic acids is 1. The molecule has 4 nitrogen and oxygen atoms in total. The van der Waals surface area contributed by atoms with Crippen LogP contribution in [0.2, 0.25) is 0 Å². The Bertz CT molecular complexity index is 814. The number of aromatic nitrogens is 2. The van der Waals surface area contributed by atoms with Crippen molar-refractivity contribution in [1.29, 1.82) is 0 Å². The van der Waals surface area contributed by atoms with Crippen LogP contribution in [0.4, 0.5) is 0 Å². The number of imidazole rings is 1. The van der Waals surface area contributed by atoms with Gasteiger partial charge < -0.3 is 9.88 Å². The van der Waals surface area contributed by atoms with E-state index in [0.29, 0.717) is 12.3 Å². The van der Waals surface area contributed by atoms with Gasteiger partial charge in [-0.2, -0.15) is 0 Å². The monoisotopic (exact) mass is 339 g/mol. The molecule has 2 aromatic carbocycles. The second-order valence-corrected chi connectivity index (χ2v) is 6.65. The van der Waals surface area contributed by atoms with Crippen molar-refractivity contribution < 1.29 is 4.79 Å². The zero-order chi connectivity index (χ0) is 16.8. The molecule has 5 heteroatoms. The summed E-state index contributed by atoms with van der Waals surface area (Å²) in [6.45, 7) is 3.56. The molecule has 0 spiro atoms. The zero-order valence-corrected chi connectivity index (χ0v) is 14.6. The van der Waals surface area contributed by atoms with Crippen molar-refractivity contribution in [1.82, 2.24) is 14.9 Å². The number of thioether (sulfide) groups is 1. The van der Waals surface area contributed by atoms with E-state index in [1.54, 1.807) is 11.8 Å². The molecule has 124 valence electrons. The number of aryl methyl sites for hydroxylation is 2. The molecule has 0 fully saturated rings. The first kappa shape index (κ1) is 16.6. The number of carbonyl (C=O) groups is 1. The Labute approximate surface area is 146 Å². The smallest absolute Gasteiger partial charge is 0.230 e. The predicted molar refractivity (Wildman–Crippen MR) is 99.3 cm³/mol. The topological polar surface area (TPSA) is 46.9 Å². The minimum absolute atomic E-state index is 0.0797. The maximum atomic E-state index is 11.9. The Morgan fingerprint density at radius 1 is 1.12 bits per heavy atom. The number of amides is 1. The van der Waals surface area contributed by atoms with Crippen molar-refractivity contribution in [2.24, 2.45) is 0 Å². The van der Waals surface area contributed by atoms with Gasteiger partial charge in [0.05, 0.1) is 16.8 Å². The largest absolute Gasteiger partial charge is 0.355 e. The summed E-state index contributed by atoms with van der Waals surface area (Å²) in [5, 5.41) is 2.99. The summed E-state index contributed by atoms with van der Waals surface area (Å²) in [6.07, 6.45) is 0.892. The quantitative estimate of drug-likeness (QED) is 0.528. The summed E-state index contributed by atoms with van der Waals surface area (Å²) in [4.78, 5) is 17.6. The number of hydrogen-bond acceptors (Lipinski definition) is 3. The van der Waals surface area contributed by atoms with Gasteiger partial charge in [0.2, 0.25) is 5.91 Å². The van der Waals surface area contributed by atoms with Crippen LogP contribution in [0.5, 0.6) is 0 Å². The van der Waals surface area contributed by atoms with Crippen LogP contribution >= 0.6 is 11.8 Å². The van der Waals surface area contributed by atoms with E-state index in [0.717, 1.165) is 34.7 Å². The van der Waals surface area contributed by atoms with Crippen molar-refractivity contribution >= 4 is 28.7 Å². The van der Waals surface area contributed by atoms with E-state index in [2.05, 4.69) is 20.9 Å². The second kappa shape index (κ2) is 8.02. The third kappa shape index (κ3) is 4.17. The number of para-hydroxylation sites is 2. The summed E-state index contributed by atoms with van der Waals surface area (Å²) in [5.41, 5.74) is 2.18. The lowest BCUT2D eigenvalue weighted by Gasteiger charge is -2.08. The van der Waals surface area contributed by atoms with Crippen LogP contribution in [-0.4, -0.2) is 27.8 Å². The highest BCUT2D eigenvalue weighted by Gasteiger charge is 2.06. The van der Waals surface area contributed by atoms with Crippen molar-refractivity contribution in [2.75, 3.05) is 12.3 Å². The first-order valence-electron chi connectivity index (χ1n) is 8.10. The normalized spacial score (nSPS) is 10.9. The molecule has 0 bridgehead atoms. The Kier molecular flexibility index (Phi) is 5.54. The molecule has 1 amide bonds. The molecule has 0 aliphatic carbocycles. The lowest BCUT2D eigenvalue weighted by atomic mass is 10.3. The molecular formula is C19H21N3OS. The zero-order valence-electron chi connectivity index (χ0n) is 13.7. The van der Waals surface area contributed by atoms with Gasteiger partial charge in [-0.3, -0.25) is 4.79 Å². The number of nitrogens with one attached hydrogen (secondary N) is 1. The Hall–Kier alpha value is -2.27. The van der Waals surface area contributed by atoms with Gasteiger partial charge in [0.25, 0.3) is 0 Å². The Morgan fingerprint density at radius 3 is 2.71 bits per heavy atom. The number of fused-ring (bicyclic) bond motifs is 1. The molecule has 0 aliphatic heterocycles. The lowest BCUT2D eigenvalue weighted by molar-refractivity contribution is -0.118. The van der Waals surface area contributed by atoms with Crippen LogP contribution in [0.25, 0.3) is 11.0 Å². The Balaban J connectivity index is 1.43. The third-order valence-electron chi connectivity index (χ3n) is 3.84. The number of hydrogen-bond donors (Lipinski definition) is 1. The highest BCUT2D eigenvalue weighted by molar-refractivity contribution is 8.00.